The Balaban J connectivity index is 2.73. The molecule has 0 N–H and O–H groups in total. The van der Waals surface area contributed by atoms with E-state index in [1.807, 2.05) is 30.3 Å². The molecule has 1 aromatic rings. The van der Waals surface area contributed by atoms with Crippen LogP contribution < -0.4 is 4.90 Å². The lowest BCUT2D eigenvalue weighted by Gasteiger charge is -2.15. The lowest BCUT2D eigenvalue weighted by Crippen LogP contribution is -2.25. The lowest BCUT2D eigenvalue weighted by atomic mass is 10.3. The van der Waals surface area contributed by atoms with Gasteiger partial charge in [0.15, 0.2) is 0 Å². The number of nitrogens with zero attached hydrogens (tertiary/aromatic N) is 1. The molecule has 3 heteroatoms. The van der Waals surface area contributed by atoms with Gasteiger partial charge in [-0.25, -0.2) is 0 Å². The minimum Gasteiger partial charge on any atom is -0.315 e. The highest BCUT2D eigenvalue weighted by molar-refractivity contribution is 5.99. The highest BCUT2D eigenvalue weighted by Gasteiger charge is 2.08. The third-order valence-electron chi connectivity index (χ3n) is 1.78. The highest BCUT2D eigenvalue weighted by Crippen LogP contribution is 2.11. The molecule has 0 aliphatic rings. The monoisotopic (exact) mass is 177 g/mol. The van der Waals surface area contributed by atoms with Gasteiger partial charge >= 0.3 is 0 Å². The summed E-state index contributed by atoms with van der Waals surface area (Å²) >= 11 is 0. The zero-order chi connectivity index (χ0) is 9.68. The topological polar surface area (TPSA) is 37.4 Å². The molecule has 68 valence electrons. The van der Waals surface area contributed by atoms with E-state index in [4.69, 9.17) is 0 Å². The number of aldehydes is 1. The van der Waals surface area contributed by atoms with E-state index in [1.54, 1.807) is 7.05 Å². The van der Waals surface area contributed by atoms with E-state index in [9.17, 15) is 9.59 Å². The molecule has 1 aromatic carbocycles. The van der Waals surface area contributed by atoms with Crippen molar-refractivity contribution in [1.29, 1.82) is 0 Å². The second-order valence-corrected chi connectivity index (χ2v) is 2.66. The Hall–Kier alpha value is -1.64. The summed E-state index contributed by atoms with van der Waals surface area (Å²) in [6.07, 6.45) is 0.549. The normalized spacial score (nSPS) is 9.31. The quantitative estimate of drug-likeness (QED) is 0.514. The van der Waals surface area contributed by atoms with E-state index in [0.29, 0.717) is 6.29 Å². The van der Waals surface area contributed by atoms with Gasteiger partial charge in [0.2, 0.25) is 5.91 Å². The van der Waals surface area contributed by atoms with Crippen LogP contribution in [0.4, 0.5) is 5.69 Å². The van der Waals surface area contributed by atoms with E-state index < -0.39 is 0 Å². The molecule has 0 atom stereocenters. The number of carbonyl (C=O) groups excluding carboxylic acids is 2. The van der Waals surface area contributed by atoms with Crippen LogP contribution in [-0.2, 0) is 9.59 Å². The average molecular weight is 177 g/mol. The van der Waals surface area contributed by atoms with Crippen molar-refractivity contribution in [3.8, 4) is 0 Å². The van der Waals surface area contributed by atoms with Crippen LogP contribution in [0.5, 0.6) is 0 Å². The van der Waals surface area contributed by atoms with Gasteiger partial charge in [0.05, 0.1) is 6.42 Å². The van der Waals surface area contributed by atoms with Crippen molar-refractivity contribution in [2.45, 2.75) is 6.42 Å². The van der Waals surface area contributed by atoms with Gasteiger partial charge < -0.3 is 9.69 Å². The molecule has 0 saturated carbocycles. The zero-order valence-corrected chi connectivity index (χ0v) is 7.43. The van der Waals surface area contributed by atoms with Gasteiger partial charge in [-0.3, -0.25) is 4.79 Å². The number of amides is 1. The van der Waals surface area contributed by atoms with E-state index in [2.05, 4.69) is 0 Å². The first-order valence-electron chi connectivity index (χ1n) is 4.01. The summed E-state index contributed by atoms with van der Waals surface area (Å²) in [5.74, 6) is -0.193. The van der Waals surface area contributed by atoms with Gasteiger partial charge in [-0.2, -0.15) is 0 Å². The van der Waals surface area contributed by atoms with Crippen molar-refractivity contribution in [3.63, 3.8) is 0 Å². The Morgan fingerprint density at radius 1 is 1.38 bits per heavy atom. The predicted molar refractivity (Wildman–Crippen MR) is 50.5 cm³/mol. The van der Waals surface area contributed by atoms with Crippen LogP contribution in [-0.4, -0.2) is 19.2 Å². The van der Waals surface area contributed by atoms with E-state index >= 15 is 0 Å². The zero-order valence-electron chi connectivity index (χ0n) is 7.43. The molecule has 0 unspecified atom stereocenters. The second kappa shape index (κ2) is 4.40. The van der Waals surface area contributed by atoms with Crippen LogP contribution in [0.15, 0.2) is 30.3 Å². The third kappa shape index (κ3) is 2.40. The second-order valence-electron chi connectivity index (χ2n) is 2.66. The Morgan fingerprint density at radius 2 is 2.00 bits per heavy atom. The summed E-state index contributed by atoms with van der Waals surface area (Å²) in [6.45, 7) is 0. The molecule has 0 aromatic heterocycles. The maximum absolute atomic E-state index is 11.2. The maximum atomic E-state index is 11.2. The van der Waals surface area contributed by atoms with Crippen LogP contribution in [0.3, 0.4) is 0 Å². The molecule has 0 spiro atoms. The summed E-state index contributed by atoms with van der Waals surface area (Å²) in [5, 5.41) is 0. The number of hydrogen-bond donors (Lipinski definition) is 0. The molecule has 0 aliphatic carbocycles. The van der Waals surface area contributed by atoms with Crippen LogP contribution >= 0.6 is 0 Å². The smallest absolute Gasteiger partial charge is 0.233 e. The lowest BCUT2D eigenvalue weighted by molar-refractivity contribution is -0.121. The fraction of sp³-hybridized carbons (Fsp3) is 0.200. The van der Waals surface area contributed by atoms with Gasteiger partial charge in [0.25, 0.3) is 0 Å². The Labute approximate surface area is 77.0 Å². The fourth-order valence-corrected chi connectivity index (χ4v) is 1.00. The van der Waals surface area contributed by atoms with Crippen molar-refractivity contribution in [3.05, 3.63) is 30.3 Å². The third-order valence-corrected chi connectivity index (χ3v) is 1.78. The minimum absolute atomic E-state index is 0.0641. The molecule has 1 amide bonds. The summed E-state index contributed by atoms with van der Waals surface area (Å²) in [6, 6.07) is 9.22. The van der Waals surface area contributed by atoms with Crippen LogP contribution in [0.1, 0.15) is 6.42 Å². The molecule has 0 saturated heterocycles. The van der Waals surface area contributed by atoms with E-state index in [1.165, 1.54) is 4.90 Å². The molecule has 0 heterocycles. The molecule has 0 fully saturated rings. The molecule has 3 nitrogen and oxygen atoms in total. The molecule has 0 radical (unpaired) electrons. The summed E-state index contributed by atoms with van der Waals surface area (Å²) in [7, 11) is 1.65. The van der Waals surface area contributed by atoms with Crippen molar-refractivity contribution >= 4 is 17.9 Å². The first-order chi connectivity index (χ1) is 6.25. The largest absolute Gasteiger partial charge is 0.315 e. The first-order valence-corrected chi connectivity index (χ1v) is 4.01. The van der Waals surface area contributed by atoms with E-state index in [-0.39, 0.29) is 12.3 Å². The first kappa shape index (κ1) is 9.45. The average Bonchev–Trinajstić information content (AvgIpc) is 2.18. The molecule has 13 heavy (non-hydrogen) atoms. The SMILES string of the molecule is CN(C(=O)CC=O)c1ccccc1. The molecule has 0 aliphatic heterocycles. The van der Waals surface area contributed by atoms with Crippen molar-refractivity contribution in [2.75, 3.05) is 11.9 Å². The van der Waals surface area contributed by atoms with Gasteiger partial charge in [0, 0.05) is 12.7 Å². The number of hydrogen-bond acceptors (Lipinski definition) is 2. The van der Waals surface area contributed by atoms with Gasteiger partial charge in [0.1, 0.15) is 6.29 Å². The highest BCUT2D eigenvalue weighted by atomic mass is 16.2. The molecular weight excluding hydrogens is 166 g/mol. The molecule has 0 bridgehead atoms. The standard InChI is InChI=1S/C10H11NO2/c1-11(10(13)7-8-12)9-5-3-2-4-6-9/h2-6,8H,7H2,1H3. The van der Waals surface area contributed by atoms with Crippen molar-refractivity contribution in [1.82, 2.24) is 0 Å². The van der Waals surface area contributed by atoms with Crippen LogP contribution in [0.25, 0.3) is 0 Å². The summed E-state index contributed by atoms with van der Waals surface area (Å²) < 4.78 is 0. The number of rotatable bonds is 3. The van der Waals surface area contributed by atoms with Crippen LogP contribution in [0, 0.1) is 0 Å². The Morgan fingerprint density at radius 3 is 2.54 bits per heavy atom. The summed E-state index contributed by atoms with van der Waals surface area (Å²) in [4.78, 5) is 22.8. The van der Waals surface area contributed by atoms with Crippen LogP contribution in [0.2, 0.25) is 0 Å². The van der Waals surface area contributed by atoms with E-state index in [0.717, 1.165) is 5.69 Å². The predicted octanol–water partition coefficient (Wildman–Crippen LogP) is 1.24. The van der Waals surface area contributed by atoms with Gasteiger partial charge in [-0.05, 0) is 12.1 Å². The van der Waals surface area contributed by atoms with Crippen molar-refractivity contribution < 1.29 is 9.59 Å². The number of para-hydroxylation sites is 1. The molecule has 1 rings (SSSR count). The van der Waals surface area contributed by atoms with Gasteiger partial charge in [-0.15, -0.1) is 0 Å². The fourth-order valence-electron chi connectivity index (χ4n) is 1.00. The number of benzene rings is 1. The van der Waals surface area contributed by atoms with Gasteiger partial charge in [-0.1, -0.05) is 18.2 Å². The Kier molecular flexibility index (Phi) is 3.20. The maximum Gasteiger partial charge on any atom is 0.233 e. The van der Waals surface area contributed by atoms with Crippen molar-refractivity contribution in [2.24, 2.45) is 0 Å². The number of anilines is 1. The number of carbonyl (C=O) groups is 2. The summed E-state index contributed by atoms with van der Waals surface area (Å²) in [5.41, 5.74) is 0.800. The molecular formula is C10H11NO2. The minimum atomic E-state index is -0.193. The Bertz CT molecular complexity index is 295.